The molecule has 0 aliphatic heterocycles. The van der Waals surface area contributed by atoms with E-state index < -0.39 is 34.1 Å². The van der Waals surface area contributed by atoms with Gasteiger partial charge in [0, 0.05) is 17.6 Å². The molecular weight excluding hydrogens is 285 g/mol. The zero-order valence-electron chi connectivity index (χ0n) is 9.43. The molecule has 100 valence electrons. The van der Waals surface area contributed by atoms with E-state index in [4.69, 9.17) is 16.7 Å². The molecule has 0 atom stereocenters. The third-order valence-electron chi connectivity index (χ3n) is 2.22. The normalized spacial score (nSPS) is 11.8. The Labute approximate surface area is 109 Å². The van der Waals surface area contributed by atoms with E-state index in [0.29, 0.717) is 4.31 Å². The molecule has 1 rings (SSSR count). The lowest BCUT2D eigenvalue weighted by molar-refractivity contribution is -0.137. The van der Waals surface area contributed by atoms with Gasteiger partial charge in [-0.05, 0) is 12.1 Å². The quantitative estimate of drug-likeness (QED) is 0.889. The van der Waals surface area contributed by atoms with Gasteiger partial charge in [0.05, 0.1) is 5.75 Å². The highest BCUT2D eigenvalue weighted by Gasteiger charge is 2.23. The number of sulfonamides is 1. The van der Waals surface area contributed by atoms with Crippen molar-refractivity contribution in [2.75, 3.05) is 13.6 Å². The van der Waals surface area contributed by atoms with Crippen molar-refractivity contribution in [1.82, 2.24) is 4.31 Å². The van der Waals surface area contributed by atoms with Crippen molar-refractivity contribution >= 4 is 27.6 Å². The maximum absolute atomic E-state index is 13.4. The number of hydrogen-bond acceptors (Lipinski definition) is 3. The molecule has 0 saturated carbocycles. The third kappa shape index (κ3) is 3.66. The van der Waals surface area contributed by atoms with Crippen LogP contribution in [0.1, 0.15) is 5.56 Å². The van der Waals surface area contributed by atoms with Gasteiger partial charge in [-0.2, -0.15) is 4.31 Å². The molecule has 1 aromatic carbocycles. The van der Waals surface area contributed by atoms with Crippen molar-refractivity contribution in [3.63, 3.8) is 0 Å². The van der Waals surface area contributed by atoms with Crippen molar-refractivity contribution < 1.29 is 22.7 Å². The summed E-state index contributed by atoms with van der Waals surface area (Å²) in [5, 5.41) is 8.50. The first kappa shape index (κ1) is 14.9. The summed E-state index contributed by atoms with van der Waals surface area (Å²) < 4.78 is 37.6. The molecule has 0 aromatic heterocycles. The van der Waals surface area contributed by atoms with E-state index in [1.54, 1.807) is 0 Å². The number of halogens is 2. The molecule has 0 heterocycles. The summed E-state index contributed by atoms with van der Waals surface area (Å²) in [6.45, 7) is -0.686. The second-order valence-electron chi connectivity index (χ2n) is 3.61. The van der Waals surface area contributed by atoms with Crippen LogP contribution in [0, 0.1) is 5.82 Å². The molecule has 8 heteroatoms. The Balaban J connectivity index is 2.99. The molecule has 1 N–H and O–H groups in total. The molecule has 0 amide bonds. The molecule has 18 heavy (non-hydrogen) atoms. The van der Waals surface area contributed by atoms with Crippen LogP contribution < -0.4 is 0 Å². The largest absolute Gasteiger partial charge is 0.480 e. The molecule has 0 aliphatic rings. The van der Waals surface area contributed by atoms with Crippen molar-refractivity contribution in [2.24, 2.45) is 0 Å². The van der Waals surface area contributed by atoms with E-state index in [0.717, 1.165) is 13.1 Å². The topological polar surface area (TPSA) is 74.7 Å². The molecule has 0 unspecified atom stereocenters. The average Bonchev–Trinajstić information content (AvgIpc) is 2.22. The number of hydrogen-bond donors (Lipinski definition) is 1. The molecule has 0 aliphatic carbocycles. The first-order valence-electron chi connectivity index (χ1n) is 4.82. The highest BCUT2D eigenvalue weighted by Crippen LogP contribution is 2.22. The minimum absolute atomic E-state index is 0.0118. The average molecular weight is 296 g/mol. The van der Waals surface area contributed by atoms with E-state index in [1.807, 2.05) is 0 Å². The van der Waals surface area contributed by atoms with Gasteiger partial charge in [-0.3, -0.25) is 4.79 Å². The number of nitrogens with zero attached hydrogens (tertiary/aromatic N) is 1. The summed E-state index contributed by atoms with van der Waals surface area (Å²) in [6.07, 6.45) is 0. The van der Waals surface area contributed by atoms with Gasteiger partial charge in [-0.1, -0.05) is 17.7 Å². The lowest BCUT2D eigenvalue weighted by Gasteiger charge is -2.15. The Morgan fingerprint density at radius 3 is 2.61 bits per heavy atom. The second kappa shape index (κ2) is 5.64. The molecule has 0 fully saturated rings. The molecule has 5 nitrogen and oxygen atoms in total. The highest BCUT2D eigenvalue weighted by molar-refractivity contribution is 7.88. The van der Waals surface area contributed by atoms with Gasteiger partial charge in [0.15, 0.2) is 0 Å². The molecule has 0 radical (unpaired) electrons. The Morgan fingerprint density at radius 1 is 1.50 bits per heavy atom. The van der Waals surface area contributed by atoms with Crippen LogP contribution in [0.25, 0.3) is 0 Å². The first-order valence-corrected chi connectivity index (χ1v) is 6.81. The minimum Gasteiger partial charge on any atom is -0.480 e. The zero-order valence-corrected chi connectivity index (χ0v) is 11.0. The van der Waals surface area contributed by atoms with Crippen LogP contribution in [0.5, 0.6) is 0 Å². The van der Waals surface area contributed by atoms with Crippen LogP contribution in [0.15, 0.2) is 18.2 Å². The number of carbonyl (C=O) groups is 1. The van der Waals surface area contributed by atoms with Crippen molar-refractivity contribution in [3.05, 3.63) is 34.6 Å². The van der Waals surface area contributed by atoms with Gasteiger partial charge >= 0.3 is 5.97 Å². The fraction of sp³-hybridized carbons (Fsp3) is 0.300. The minimum atomic E-state index is -3.93. The summed E-state index contributed by atoms with van der Waals surface area (Å²) in [5.74, 6) is -2.71. The number of likely N-dealkylation sites (N-methyl/N-ethyl adjacent to an activating group) is 1. The number of rotatable bonds is 5. The molecular formula is C10H11ClFNO4S. The standard InChI is InChI=1S/C10H11ClFNO4S/c1-13(5-10(14)15)18(16,17)6-7-8(11)3-2-4-9(7)12/h2-4H,5-6H2,1H3,(H,14,15). The fourth-order valence-electron chi connectivity index (χ4n) is 1.25. The van der Waals surface area contributed by atoms with E-state index in [2.05, 4.69) is 0 Å². The maximum atomic E-state index is 13.4. The Hall–Kier alpha value is -1.18. The Bertz CT molecular complexity index is 541. The monoisotopic (exact) mass is 295 g/mol. The summed E-state index contributed by atoms with van der Waals surface area (Å²) in [7, 11) is -2.82. The van der Waals surface area contributed by atoms with Crippen molar-refractivity contribution in [1.29, 1.82) is 0 Å². The lowest BCUT2D eigenvalue weighted by Crippen LogP contribution is -2.33. The number of benzene rings is 1. The smallest absolute Gasteiger partial charge is 0.318 e. The van der Waals surface area contributed by atoms with E-state index >= 15 is 0 Å². The number of aliphatic carboxylic acids is 1. The van der Waals surface area contributed by atoms with Crippen LogP contribution >= 0.6 is 11.6 Å². The first-order chi connectivity index (χ1) is 8.24. The molecule has 1 aromatic rings. The van der Waals surface area contributed by atoms with Gasteiger partial charge in [-0.15, -0.1) is 0 Å². The van der Waals surface area contributed by atoms with Gasteiger partial charge in [0.2, 0.25) is 10.0 Å². The fourth-order valence-corrected chi connectivity index (χ4v) is 2.75. The Morgan fingerprint density at radius 2 is 2.11 bits per heavy atom. The predicted octanol–water partition coefficient (Wildman–Crippen LogP) is 1.33. The van der Waals surface area contributed by atoms with Crippen LogP contribution in [0.3, 0.4) is 0 Å². The van der Waals surface area contributed by atoms with Crippen LogP contribution in [0.2, 0.25) is 5.02 Å². The van der Waals surface area contributed by atoms with Crippen LogP contribution in [-0.4, -0.2) is 37.4 Å². The third-order valence-corrected chi connectivity index (χ3v) is 4.31. The van der Waals surface area contributed by atoms with Crippen LogP contribution in [0.4, 0.5) is 4.39 Å². The zero-order chi connectivity index (χ0) is 13.9. The number of carboxylic acid groups (broad SMARTS) is 1. The highest BCUT2D eigenvalue weighted by atomic mass is 35.5. The predicted molar refractivity (Wildman–Crippen MR) is 64.3 cm³/mol. The van der Waals surface area contributed by atoms with Gasteiger partial charge in [-0.25, -0.2) is 12.8 Å². The summed E-state index contributed by atoms with van der Waals surface area (Å²) in [5.41, 5.74) is -0.170. The summed E-state index contributed by atoms with van der Waals surface area (Å²) >= 11 is 5.71. The molecule has 0 saturated heterocycles. The van der Waals surface area contributed by atoms with Gasteiger partial charge < -0.3 is 5.11 Å². The van der Waals surface area contributed by atoms with Gasteiger partial charge in [0.25, 0.3) is 0 Å². The Kier molecular flexibility index (Phi) is 4.66. The maximum Gasteiger partial charge on any atom is 0.318 e. The molecule has 0 spiro atoms. The van der Waals surface area contributed by atoms with Gasteiger partial charge in [0.1, 0.15) is 12.4 Å². The summed E-state index contributed by atoms with van der Waals surface area (Å²) in [4.78, 5) is 10.4. The van der Waals surface area contributed by atoms with Crippen LogP contribution in [-0.2, 0) is 20.6 Å². The lowest BCUT2D eigenvalue weighted by atomic mass is 10.2. The van der Waals surface area contributed by atoms with Crippen molar-refractivity contribution in [2.45, 2.75) is 5.75 Å². The second-order valence-corrected chi connectivity index (χ2v) is 6.09. The van der Waals surface area contributed by atoms with Crippen molar-refractivity contribution in [3.8, 4) is 0 Å². The number of carboxylic acids is 1. The SMILES string of the molecule is CN(CC(=O)O)S(=O)(=O)Cc1c(F)cccc1Cl. The molecule has 0 bridgehead atoms. The van der Waals surface area contributed by atoms with E-state index in [1.165, 1.54) is 12.1 Å². The van der Waals surface area contributed by atoms with E-state index in [9.17, 15) is 17.6 Å². The summed E-state index contributed by atoms with van der Waals surface area (Å²) in [6, 6.07) is 3.81. The van der Waals surface area contributed by atoms with E-state index in [-0.39, 0.29) is 10.6 Å².